The number of carbonyl (C=O) groups is 2. The zero-order valence-electron chi connectivity index (χ0n) is 17.0. The lowest BCUT2D eigenvalue weighted by atomic mass is 10.1. The second-order valence-corrected chi connectivity index (χ2v) is 7.94. The normalized spacial score (nSPS) is 10.6. The molecule has 7 heteroatoms. The Morgan fingerprint density at radius 3 is 2.38 bits per heavy atom. The zero-order chi connectivity index (χ0) is 22.7. The standard InChI is InChI=1S/C25H18Cl2N2O3/c1-15-7-9-18(14-21(15)29-24(30)16-5-3-2-4-6-16)28-25(31)23-12-11-22(32-23)19-13-17(26)8-10-20(19)27/h2-14H,1H3,(H,28,31)(H,29,30). The predicted octanol–water partition coefficient (Wildman–Crippen LogP) is 7.07. The molecular formula is C25H18Cl2N2O3. The number of hydrogen-bond acceptors (Lipinski definition) is 3. The molecule has 0 aliphatic rings. The van der Waals surface area contributed by atoms with Crippen LogP contribution in [-0.2, 0) is 0 Å². The van der Waals surface area contributed by atoms with Gasteiger partial charge in [-0.3, -0.25) is 9.59 Å². The number of halogens is 2. The Hall–Kier alpha value is -3.54. The van der Waals surface area contributed by atoms with Gasteiger partial charge in [-0.05, 0) is 67.1 Å². The van der Waals surface area contributed by atoms with Crippen LogP contribution in [0.25, 0.3) is 11.3 Å². The molecule has 0 aliphatic carbocycles. The molecule has 0 aliphatic heterocycles. The summed E-state index contributed by atoms with van der Waals surface area (Å²) in [6.07, 6.45) is 0. The minimum Gasteiger partial charge on any atom is -0.451 e. The molecule has 1 aromatic heterocycles. The first-order valence-corrected chi connectivity index (χ1v) is 10.5. The van der Waals surface area contributed by atoms with E-state index in [9.17, 15) is 9.59 Å². The van der Waals surface area contributed by atoms with E-state index in [0.717, 1.165) is 5.56 Å². The number of benzene rings is 3. The summed E-state index contributed by atoms with van der Waals surface area (Å²) in [7, 11) is 0. The summed E-state index contributed by atoms with van der Waals surface area (Å²) in [6.45, 7) is 1.87. The SMILES string of the molecule is Cc1ccc(NC(=O)c2ccc(-c3cc(Cl)ccc3Cl)o2)cc1NC(=O)c1ccccc1. The fraction of sp³-hybridized carbons (Fsp3) is 0.0400. The summed E-state index contributed by atoms with van der Waals surface area (Å²) in [5, 5.41) is 6.64. The van der Waals surface area contributed by atoms with E-state index in [1.165, 1.54) is 0 Å². The van der Waals surface area contributed by atoms with Gasteiger partial charge in [-0.2, -0.15) is 0 Å². The fourth-order valence-corrected chi connectivity index (χ4v) is 3.48. The molecular weight excluding hydrogens is 447 g/mol. The number of aryl methyl sites for hydroxylation is 1. The molecule has 4 rings (SSSR count). The van der Waals surface area contributed by atoms with Crippen molar-refractivity contribution in [3.63, 3.8) is 0 Å². The van der Waals surface area contributed by atoms with Gasteiger partial charge in [-0.15, -0.1) is 0 Å². The Balaban J connectivity index is 1.50. The van der Waals surface area contributed by atoms with E-state index in [4.69, 9.17) is 27.6 Å². The number of amides is 2. The fourth-order valence-electron chi connectivity index (χ4n) is 3.10. The monoisotopic (exact) mass is 464 g/mol. The second-order valence-electron chi connectivity index (χ2n) is 7.09. The van der Waals surface area contributed by atoms with Crippen molar-refractivity contribution in [1.29, 1.82) is 0 Å². The molecule has 0 spiro atoms. The number of anilines is 2. The van der Waals surface area contributed by atoms with Gasteiger partial charge in [0.05, 0.1) is 5.02 Å². The highest BCUT2D eigenvalue weighted by Gasteiger charge is 2.15. The maximum absolute atomic E-state index is 12.7. The first kappa shape index (κ1) is 21.7. The number of carbonyl (C=O) groups excluding carboxylic acids is 2. The van der Waals surface area contributed by atoms with E-state index in [1.54, 1.807) is 66.7 Å². The molecule has 2 N–H and O–H groups in total. The molecule has 0 atom stereocenters. The van der Waals surface area contributed by atoms with E-state index >= 15 is 0 Å². The van der Waals surface area contributed by atoms with Crippen LogP contribution >= 0.6 is 23.2 Å². The van der Waals surface area contributed by atoms with Crippen molar-refractivity contribution >= 4 is 46.4 Å². The lowest BCUT2D eigenvalue weighted by molar-refractivity contribution is 0.0995. The lowest BCUT2D eigenvalue weighted by Gasteiger charge is -2.11. The largest absolute Gasteiger partial charge is 0.451 e. The van der Waals surface area contributed by atoms with Crippen LogP contribution in [-0.4, -0.2) is 11.8 Å². The molecule has 2 amide bonds. The number of nitrogens with one attached hydrogen (secondary N) is 2. The van der Waals surface area contributed by atoms with E-state index in [0.29, 0.717) is 38.3 Å². The van der Waals surface area contributed by atoms with Crippen LogP contribution in [0.3, 0.4) is 0 Å². The highest BCUT2D eigenvalue weighted by atomic mass is 35.5. The first-order valence-electron chi connectivity index (χ1n) is 9.74. The van der Waals surface area contributed by atoms with Crippen molar-refractivity contribution in [2.24, 2.45) is 0 Å². The van der Waals surface area contributed by atoms with Crippen molar-refractivity contribution in [1.82, 2.24) is 0 Å². The van der Waals surface area contributed by atoms with Crippen LogP contribution in [0.5, 0.6) is 0 Å². The second kappa shape index (κ2) is 9.30. The Labute approximate surface area is 195 Å². The van der Waals surface area contributed by atoms with Crippen molar-refractivity contribution in [2.75, 3.05) is 10.6 Å². The molecule has 0 saturated carbocycles. The van der Waals surface area contributed by atoms with Gasteiger partial charge in [-0.25, -0.2) is 0 Å². The van der Waals surface area contributed by atoms with Gasteiger partial charge in [0.2, 0.25) is 0 Å². The van der Waals surface area contributed by atoms with Crippen LogP contribution in [0.1, 0.15) is 26.5 Å². The van der Waals surface area contributed by atoms with E-state index < -0.39 is 5.91 Å². The van der Waals surface area contributed by atoms with Crippen molar-refractivity contribution < 1.29 is 14.0 Å². The molecule has 4 aromatic rings. The molecule has 0 saturated heterocycles. The number of rotatable bonds is 5. The minimum atomic E-state index is -0.432. The predicted molar refractivity (Wildman–Crippen MR) is 128 cm³/mol. The van der Waals surface area contributed by atoms with E-state index in [2.05, 4.69) is 10.6 Å². The van der Waals surface area contributed by atoms with Crippen LogP contribution in [0, 0.1) is 6.92 Å². The van der Waals surface area contributed by atoms with Crippen molar-refractivity contribution in [2.45, 2.75) is 6.92 Å². The first-order chi connectivity index (χ1) is 15.4. The third-order valence-electron chi connectivity index (χ3n) is 4.80. The van der Waals surface area contributed by atoms with Crippen LogP contribution in [0.2, 0.25) is 10.0 Å². The average Bonchev–Trinajstić information content (AvgIpc) is 3.28. The third kappa shape index (κ3) is 4.85. The summed E-state index contributed by atoms with van der Waals surface area (Å²) in [6, 6.07) is 22.4. The highest BCUT2D eigenvalue weighted by Crippen LogP contribution is 2.32. The molecule has 160 valence electrons. The highest BCUT2D eigenvalue weighted by molar-refractivity contribution is 6.35. The topological polar surface area (TPSA) is 71.3 Å². The minimum absolute atomic E-state index is 0.117. The molecule has 0 fully saturated rings. The Bertz CT molecular complexity index is 1300. The van der Waals surface area contributed by atoms with Crippen molar-refractivity contribution in [3.8, 4) is 11.3 Å². The Kier molecular flexibility index (Phi) is 6.30. The van der Waals surface area contributed by atoms with Gasteiger partial charge >= 0.3 is 0 Å². The van der Waals surface area contributed by atoms with Crippen LogP contribution in [0.4, 0.5) is 11.4 Å². The van der Waals surface area contributed by atoms with Gasteiger partial charge < -0.3 is 15.1 Å². The Morgan fingerprint density at radius 1 is 0.812 bits per heavy atom. The molecule has 0 unspecified atom stereocenters. The summed E-state index contributed by atoms with van der Waals surface area (Å²) in [5.74, 6) is -0.112. The smallest absolute Gasteiger partial charge is 0.291 e. The van der Waals surface area contributed by atoms with Gasteiger partial charge in [-0.1, -0.05) is 47.5 Å². The summed E-state index contributed by atoms with van der Waals surface area (Å²) < 4.78 is 5.69. The number of hydrogen-bond donors (Lipinski definition) is 2. The van der Waals surface area contributed by atoms with E-state index in [1.807, 2.05) is 19.1 Å². The molecule has 3 aromatic carbocycles. The molecule has 5 nitrogen and oxygen atoms in total. The van der Waals surface area contributed by atoms with Crippen LogP contribution < -0.4 is 10.6 Å². The maximum atomic E-state index is 12.7. The quantitative estimate of drug-likeness (QED) is 0.331. The summed E-state index contributed by atoms with van der Waals surface area (Å²) in [4.78, 5) is 25.2. The molecule has 0 radical (unpaired) electrons. The molecule has 32 heavy (non-hydrogen) atoms. The Morgan fingerprint density at radius 2 is 1.59 bits per heavy atom. The number of furan rings is 1. The molecule has 0 bridgehead atoms. The summed E-state index contributed by atoms with van der Waals surface area (Å²) in [5.41, 5.74) is 3.12. The van der Waals surface area contributed by atoms with Crippen LogP contribution in [0.15, 0.2) is 83.3 Å². The average molecular weight is 465 g/mol. The van der Waals surface area contributed by atoms with Gasteiger partial charge in [0, 0.05) is 27.5 Å². The molecule has 1 heterocycles. The van der Waals surface area contributed by atoms with Gasteiger partial charge in [0.1, 0.15) is 5.76 Å². The zero-order valence-corrected chi connectivity index (χ0v) is 18.5. The van der Waals surface area contributed by atoms with Gasteiger partial charge in [0.25, 0.3) is 11.8 Å². The lowest BCUT2D eigenvalue weighted by Crippen LogP contribution is -2.14. The van der Waals surface area contributed by atoms with E-state index in [-0.39, 0.29) is 11.7 Å². The maximum Gasteiger partial charge on any atom is 0.291 e. The summed E-state index contributed by atoms with van der Waals surface area (Å²) >= 11 is 12.3. The third-order valence-corrected chi connectivity index (χ3v) is 5.37. The van der Waals surface area contributed by atoms with Gasteiger partial charge in [0.15, 0.2) is 5.76 Å². The van der Waals surface area contributed by atoms with Crippen molar-refractivity contribution in [3.05, 3.63) is 106 Å².